The molecular weight excluding hydrogens is 426 g/mol. The maximum absolute atomic E-state index is 6.20. The maximum Gasteiger partial charge on any atom is 0.174 e. The van der Waals surface area contributed by atoms with E-state index in [0.29, 0.717) is 16.2 Å². The Labute approximate surface area is 197 Å². The van der Waals surface area contributed by atoms with Gasteiger partial charge in [0.05, 0.1) is 12.8 Å². The van der Waals surface area contributed by atoms with E-state index in [-0.39, 0.29) is 0 Å². The lowest BCUT2D eigenvalue weighted by molar-refractivity contribution is 0.319. The first kappa shape index (κ1) is 23.7. The summed E-state index contributed by atoms with van der Waals surface area (Å²) < 4.78 is 5.47. The summed E-state index contributed by atoms with van der Waals surface area (Å²) in [5.74, 6) is 0.723. The molecule has 0 saturated carbocycles. The van der Waals surface area contributed by atoms with Gasteiger partial charge in [-0.3, -0.25) is 0 Å². The van der Waals surface area contributed by atoms with Crippen LogP contribution in [0.3, 0.4) is 0 Å². The number of rotatable bonds is 8. The monoisotopic (exact) mass is 459 g/mol. The Morgan fingerprint density at radius 1 is 1.26 bits per heavy atom. The van der Waals surface area contributed by atoms with Crippen LogP contribution in [0.2, 0.25) is 5.02 Å². The van der Waals surface area contributed by atoms with Crippen LogP contribution in [0.15, 0.2) is 36.4 Å². The summed E-state index contributed by atoms with van der Waals surface area (Å²) in [6.45, 7) is 9.70. The zero-order valence-electron chi connectivity index (χ0n) is 19.1. The van der Waals surface area contributed by atoms with Gasteiger partial charge in [0, 0.05) is 36.4 Å². The molecule has 2 aromatic rings. The smallest absolute Gasteiger partial charge is 0.174 e. The molecule has 3 rings (SSSR count). The number of nitrogens with zero attached hydrogens (tertiary/aromatic N) is 2. The van der Waals surface area contributed by atoms with Gasteiger partial charge in [0.1, 0.15) is 5.75 Å². The normalized spacial score (nSPS) is 14.0. The van der Waals surface area contributed by atoms with Crippen LogP contribution in [0, 0.1) is 0 Å². The number of hydrogen-bond acceptors (Lipinski definition) is 3. The zero-order valence-corrected chi connectivity index (χ0v) is 20.7. The van der Waals surface area contributed by atoms with E-state index in [4.69, 9.17) is 28.6 Å². The molecule has 0 aromatic heterocycles. The summed E-state index contributed by atoms with van der Waals surface area (Å²) in [7, 11) is 1.65. The molecule has 0 saturated heterocycles. The average molecular weight is 460 g/mol. The van der Waals surface area contributed by atoms with Crippen molar-refractivity contribution >= 4 is 40.3 Å². The molecule has 0 spiro atoms. The maximum atomic E-state index is 6.20. The Morgan fingerprint density at radius 3 is 2.77 bits per heavy atom. The highest BCUT2D eigenvalue weighted by atomic mass is 35.5. The SMILES string of the molecule is CCCN1CCCc2cc(CN(C(=S)Nc3cc(Cl)ccc3OC)C(C)CC)ccc21. The number of halogens is 1. The highest BCUT2D eigenvalue weighted by molar-refractivity contribution is 7.80. The number of aryl methyl sites for hydroxylation is 1. The Hall–Kier alpha value is -1.98. The first-order valence-electron chi connectivity index (χ1n) is 11.2. The lowest BCUT2D eigenvalue weighted by atomic mass is 9.98. The fourth-order valence-electron chi connectivity index (χ4n) is 4.14. The molecular formula is C25H34ClN3OS. The van der Waals surface area contributed by atoms with Gasteiger partial charge < -0.3 is 19.9 Å². The topological polar surface area (TPSA) is 27.7 Å². The van der Waals surface area contributed by atoms with E-state index in [2.05, 4.69) is 54.1 Å². The summed E-state index contributed by atoms with van der Waals surface area (Å²) in [4.78, 5) is 4.77. The number of nitrogens with one attached hydrogen (secondary N) is 1. The predicted molar refractivity (Wildman–Crippen MR) is 137 cm³/mol. The molecule has 0 radical (unpaired) electrons. The molecule has 6 heteroatoms. The molecule has 1 heterocycles. The number of hydrogen-bond donors (Lipinski definition) is 1. The van der Waals surface area contributed by atoms with Crippen molar-refractivity contribution in [2.75, 3.05) is 30.4 Å². The van der Waals surface area contributed by atoms with Crippen LogP contribution < -0.4 is 15.0 Å². The summed E-state index contributed by atoms with van der Waals surface area (Å²) >= 11 is 12.0. The fourth-order valence-corrected chi connectivity index (χ4v) is 4.67. The molecule has 0 aliphatic carbocycles. The summed E-state index contributed by atoms with van der Waals surface area (Å²) in [6, 6.07) is 12.7. The van der Waals surface area contributed by atoms with E-state index in [1.807, 2.05) is 18.2 Å². The van der Waals surface area contributed by atoms with Crippen LogP contribution in [0.4, 0.5) is 11.4 Å². The van der Waals surface area contributed by atoms with Crippen molar-refractivity contribution < 1.29 is 4.74 Å². The third kappa shape index (κ3) is 5.83. The van der Waals surface area contributed by atoms with Crippen LogP contribution in [0.1, 0.15) is 51.2 Å². The summed E-state index contributed by atoms with van der Waals surface area (Å²) in [6.07, 6.45) is 4.55. The average Bonchev–Trinajstić information content (AvgIpc) is 2.77. The Morgan fingerprint density at radius 2 is 2.06 bits per heavy atom. The number of anilines is 2. The molecule has 1 aliphatic heterocycles. The minimum absolute atomic E-state index is 0.304. The van der Waals surface area contributed by atoms with Crippen molar-refractivity contribution in [2.45, 2.75) is 59.0 Å². The standard InChI is InChI=1S/C25H34ClN3OS/c1-5-13-28-14-7-8-20-15-19(9-11-23(20)28)17-29(18(3)6-2)25(31)27-22-16-21(26)10-12-24(22)30-4/h9-12,15-16,18H,5-8,13-14,17H2,1-4H3,(H,27,31). The summed E-state index contributed by atoms with van der Waals surface area (Å²) in [5, 5.41) is 4.69. The van der Waals surface area contributed by atoms with Crippen LogP contribution in [0.25, 0.3) is 0 Å². The van der Waals surface area contributed by atoms with Gasteiger partial charge in [0.15, 0.2) is 5.11 Å². The molecule has 0 fully saturated rings. The molecule has 0 amide bonds. The number of ether oxygens (including phenoxy) is 1. The van der Waals surface area contributed by atoms with Gasteiger partial charge in [-0.25, -0.2) is 0 Å². The largest absolute Gasteiger partial charge is 0.495 e. The van der Waals surface area contributed by atoms with Gasteiger partial charge in [-0.15, -0.1) is 0 Å². The van der Waals surface area contributed by atoms with E-state index in [0.717, 1.165) is 43.9 Å². The number of fused-ring (bicyclic) bond motifs is 1. The lowest BCUT2D eigenvalue weighted by Gasteiger charge is -2.34. The highest BCUT2D eigenvalue weighted by Gasteiger charge is 2.20. The van der Waals surface area contributed by atoms with Crippen LogP contribution in [0.5, 0.6) is 5.75 Å². The van der Waals surface area contributed by atoms with E-state index < -0.39 is 0 Å². The van der Waals surface area contributed by atoms with Gasteiger partial charge in [-0.2, -0.15) is 0 Å². The quantitative estimate of drug-likeness (QED) is 0.454. The fraction of sp³-hybridized carbons (Fsp3) is 0.480. The van der Waals surface area contributed by atoms with E-state index in [9.17, 15) is 0 Å². The second-order valence-corrected chi connectivity index (χ2v) is 9.04. The van der Waals surface area contributed by atoms with Crippen molar-refractivity contribution in [3.05, 3.63) is 52.5 Å². The second-order valence-electron chi connectivity index (χ2n) is 8.21. The van der Waals surface area contributed by atoms with Gasteiger partial charge >= 0.3 is 0 Å². The number of benzene rings is 2. The highest BCUT2D eigenvalue weighted by Crippen LogP contribution is 2.30. The molecule has 1 N–H and O–H groups in total. The molecule has 31 heavy (non-hydrogen) atoms. The lowest BCUT2D eigenvalue weighted by Crippen LogP contribution is -2.40. The third-order valence-electron chi connectivity index (χ3n) is 5.99. The van der Waals surface area contributed by atoms with E-state index >= 15 is 0 Å². The van der Waals surface area contributed by atoms with Crippen molar-refractivity contribution in [1.82, 2.24) is 4.90 Å². The van der Waals surface area contributed by atoms with Crippen molar-refractivity contribution in [1.29, 1.82) is 0 Å². The number of thiocarbonyl (C=S) groups is 1. The van der Waals surface area contributed by atoms with E-state index in [1.165, 1.54) is 29.7 Å². The van der Waals surface area contributed by atoms with Gasteiger partial charge in [0.25, 0.3) is 0 Å². The van der Waals surface area contributed by atoms with Crippen LogP contribution in [-0.4, -0.2) is 36.3 Å². The Balaban J connectivity index is 1.81. The van der Waals surface area contributed by atoms with Gasteiger partial charge in [-0.1, -0.05) is 37.6 Å². The molecule has 168 valence electrons. The minimum Gasteiger partial charge on any atom is -0.495 e. The summed E-state index contributed by atoms with van der Waals surface area (Å²) in [5.41, 5.74) is 4.93. The molecule has 2 aromatic carbocycles. The first-order valence-corrected chi connectivity index (χ1v) is 12.0. The molecule has 1 aliphatic rings. The molecule has 0 bridgehead atoms. The Kier molecular flexibility index (Phi) is 8.44. The van der Waals surface area contributed by atoms with Gasteiger partial charge in [0.2, 0.25) is 0 Å². The third-order valence-corrected chi connectivity index (χ3v) is 6.56. The minimum atomic E-state index is 0.304. The van der Waals surface area contributed by atoms with Crippen LogP contribution >= 0.6 is 23.8 Å². The van der Waals surface area contributed by atoms with E-state index in [1.54, 1.807) is 7.11 Å². The Bertz CT molecular complexity index is 904. The van der Waals surface area contributed by atoms with Crippen LogP contribution in [-0.2, 0) is 13.0 Å². The zero-order chi connectivity index (χ0) is 22.4. The van der Waals surface area contributed by atoms with Crippen molar-refractivity contribution in [3.63, 3.8) is 0 Å². The van der Waals surface area contributed by atoms with Gasteiger partial charge in [-0.05, 0) is 80.2 Å². The number of methoxy groups -OCH3 is 1. The molecule has 4 nitrogen and oxygen atoms in total. The van der Waals surface area contributed by atoms with Crippen molar-refractivity contribution in [2.24, 2.45) is 0 Å². The predicted octanol–water partition coefficient (Wildman–Crippen LogP) is 6.51. The first-order chi connectivity index (χ1) is 15.0. The molecule has 1 atom stereocenters. The molecule has 1 unspecified atom stereocenters. The second kappa shape index (κ2) is 11.1. The van der Waals surface area contributed by atoms with Crippen molar-refractivity contribution in [3.8, 4) is 5.75 Å².